The maximum Gasteiger partial charge on any atom is 0.341 e. The Morgan fingerprint density at radius 3 is 2.68 bits per heavy atom. The van der Waals surface area contributed by atoms with Crippen molar-refractivity contribution in [1.82, 2.24) is 15.5 Å². The van der Waals surface area contributed by atoms with Crippen LogP contribution < -0.4 is 16.0 Å². The number of amides is 5. The van der Waals surface area contributed by atoms with Crippen molar-refractivity contribution in [2.24, 2.45) is 0 Å². The number of fused-ring (bicyclic) bond motifs is 2. The summed E-state index contributed by atoms with van der Waals surface area (Å²) >= 11 is 0.922. The van der Waals surface area contributed by atoms with Gasteiger partial charge in [0.05, 0.1) is 17.0 Å². The molecule has 1 aromatic carbocycles. The fourth-order valence-electron chi connectivity index (χ4n) is 4.42. The molecule has 0 saturated carbocycles. The summed E-state index contributed by atoms with van der Waals surface area (Å²) in [4.78, 5) is 64.7. The van der Waals surface area contributed by atoms with E-state index in [1.54, 1.807) is 19.9 Å². The Morgan fingerprint density at radius 2 is 1.97 bits per heavy atom. The first-order valence-electron chi connectivity index (χ1n) is 10.8. The number of ether oxygens (including phenoxy) is 1. The van der Waals surface area contributed by atoms with Crippen molar-refractivity contribution in [2.75, 3.05) is 25.5 Å². The molecule has 0 bridgehead atoms. The van der Waals surface area contributed by atoms with Crippen LogP contribution >= 0.6 is 11.3 Å². The Labute approximate surface area is 199 Å². The van der Waals surface area contributed by atoms with Crippen LogP contribution in [0.1, 0.15) is 50.1 Å². The highest BCUT2D eigenvalue weighted by atomic mass is 32.1. The highest BCUT2D eigenvalue weighted by Gasteiger charge is 2.55. The first-order valence-corrected chi connectivity index (χ1v) is 11.6. The van der Waals surface area contributed by atoms with E-state index in [2.05, 4.69) is 16.0 Å². The monoisotopic (exact) mass is 484 g/mol. The SMILES string of the molecule is CCOC(=O)c1c(NC(=O)CN2C(=O)NC3(CCc4ccccc43)C2=O)sc(C(=O)NC)c1C. The zero-order chi connectivity index (χ0) is 24.6. The zero-order valence-corrected chi connectivity index (χ0v) is 19.8. The van der Waals surface area contributed by atoms with Gasteiger partial charge in [-0.25, -0.2) is 9.59 Å². The molecular weight excluding hydrogens is 460 g/mol. The molecule has 2 aliphatic rings. The summed E-state index contributed by atoms with van der Waals surface area (Å²) < 4.78 is 5.08. The standard InChI is InChI=1S/C23H24N4O6S/c1-4-33-20(30)16-12(2)17(18(29)24-3)34-19(16)25-15(28)11-27-21(31)23(26-22(27)32)10-9-13-7-5-6-8-14(13)23/h5-8H,4,9-11H2,1-3H3,(H,24,29)(H,25,28)(H,26,32). The molecule has 1 aromatic heterocycles. The number of carbonyl (C=O) groups excluding carboxylic acids is 5. The van der Waals surface area contributed by atoms with Gasteiger partial charge in [0.15, 0.2) is 0 Å². The largest absolute Gasteiger partial charge is 0.462 e. The number of esters is 1. The molecule has 11 heteroatoms. The average Bonchev–Trinajstić information content (AvgIpc) is 3.42. The third-order valence-electron chi connectivity index (χ3n) is 6.04. The Bertz CT molecular complexity index is 1220. The Balaban J connectivity index is 1.57. The lowest BCUT2D eigenvalue weighted by atomic mass is 9.92. The number of nitrogens with one attached hydrogen (secondary N) is 3. The number of urea groups is 1. The number of aryl methyl sites for hydroxylation is 1. The number of carbonyl (C=O) groups is 5. The summed E-state index contributed by atoms with van der Waals surface area (Å²) in [6, 6.07) is 6.75. The minimum absolute atomic E-state index is 0.0668. The number of imide groups is 1. The van der Waals surface area contributed by atoms with Crippen molar-refractivity contribution in [3.05, 3.63) is 51.4 Å². The molecular formula is C23H24N4O6S. The van der Waals surface area contributed by atoms with E-state index in [0.29, 0.717) is 18.4 Å². The maximum atomic E-state index is 13.3. The third kappa shape index (κ3) is 3.71. The first-order chi connectivity index (χ1) is 16.2. The summed E-state index contributed by atoms with van der Waals surface area (Å²) in [5.41, 5.74) is 0.990. The number of anilines is 1. The lowest BCUT2D eigenvalue weighted by molar-refractivity contribution is -0.134. The minimum atomic E-state index is -1.17. The molecule has 10 nitrogen and oxygen atoms in total. The van der Waals surface area contributed by atoms with E-state index in [1.807, 2.05) is 18.2 Å². The van der Waals surface area contributed by atoms with Gasteiger partial charge in [0.1, 0.15) is 17.1 Å². The van der Waals surface area contributed by atoms with Gasteiger partial charge in [-0.3, -0.25) is 19.3 Å². The van der Waals surface area contributed by atoms with Crippen molar-refractivity contribution >= 4 is 46.1 Å². The molecule has 178 valence electrons. The van der Waals surface area contributed by atoms with Gasteiger partial charge in [-0.05, 0) is 43.4 Å². The molecule has 1 fully saturated rings. The molecule has 4 rings (SSSR count). The normalized spacial score (nSPS) is 18.6. The summed E-state index contributed by atoms with van der Waals surface area (Å²) in [5, 5.41) is 7.96. The molecule has 1 aliphatic carbocycles. The highest BCUT2D eigenvalue weighted by Crippen LogP contribution is 2.41. The second kappa shape index (κ2) is 8.90. The molecule has 1 unspecified atom stereocenters. The number of nitrogens with zero attached hydrogens (tertiary/aromatic N) is 1. The van der Waals surface area contributed by atoms with E-state index in [1.165, 1.54) is 7.05 Å². The molecule has 2 aromatic rings. The van der Waals surface area contributed by atoms with Crippen LogP contribution in [0.25, 0.3) is 0 Å². The Morgan fingerprint density at radius 1 is 1.24 bits per heavy atom. The molecule has 1 saturated heterocycles. The van der Waals surface area contributed by atoms with Crippen molar-refractivity contribution in [3.8, 4) is 0 Å². The van der Waals surface area contributed by atoms with E-state index < -0.39 is 41.8 Å². The molecule has 1 spiro atoms. The van der Waals surface area contributed by atoms with Crippen LogP contribution in [0.15, 0.2) is 24.3 Å². The van der Waals surface area contributed by atoms with Gasteiger partial charge in [0.25, 0.3) is 11.8 Å². The molecule has 5 amide bonds. The van der Waals surface area contributed by atoms with Gasteiger partial charge in [-0.1, -0.05) is 24.3 Å². The van der Waals surface area contributed by atoms with Gasteiger partial charge in [-0.15, -0.1) is 11.3 Å². The number of hydrogen-bond donors (Lipinski definition) is 3. The lowest BCUT2D eigenvalue weighted by Crippen LogP contribution is -2.43. The van der Waals surface area contributed by atoms with Crippen LogP contribution in [-0.4, -0.2) is 54.8 Å². The number of benzene rings is 1. The molecule has 2 heterocycles. The molecule has 1 atom stereocenters. The number of thiophene rings is 1. The van der Waals surface area contributed by atoms with Crippen LogP contribution in [0.4, 0.5) is 9.80 Å². The van der Waals surface area contributed by atoms with E-state index >= 15 is 0 Å². The summed E-state index contributed by atoms with van der Waals surface area (Å²) in [6.45, 7) is 2.81. The van der Waals surface area contributed by atoms with Crippen LogP contribution in [0.2, 0.25) is 0 Å². The van der Waals surface area contributed by atoms with E-state index in [-0.39, 0.29) is 22.0 Å². The third-order valence-corrected chi connectivity index (χ3v) is 7.24. The van der Waals surface area contributed by atoms with Gasteiger partial charge in [0, 0.05) is 7.05 Å². The van der Waals surface area contributed by atoms with Gasteiger partial charge in [-0.2, -0.15) is 0 Å². The summed E-state index contributed by atoms with van der Waals surface area (Å²) in [6.07, 6.45) is 1.06. The first kappa shape index (κ1) is 23.4. The van der Waals surface area contributed by atoms with E-state index in [0.717, 1.165) is 27.4 Å². The topological polar surface area (TPSA) is 134 Å². The van der Waals surface area contributed by atoms with Crippen LogP contribution in [-0.2, 0) is 26.3 Å². The number of hydrogen-bond acceptors (Lipinski definition) is 7. The zero-order valence-electron chi connectivity index (χ0n) is 18.9. The second-order valence-corrected chi connectivity index (χ2v) is 9.01. The van der Waals surface area contributed by atoms with Gasteiger partial charge in [0.2, 0.25) is 5.91 Å². The quantitative estimate of drug-likeness (QED) is 0.424. The van der Waals surface area contributed by atoms with Crippen molar-refractivity contribution in [1.29, 1.82) is 0 Å². The van der Waals surface area contributed by atoms with E-state index in [4.69, 9.17) is 4.74 Å². The average molecular weight is 485 g/mol. The van der Waals surface area contributed by atoms with E-state index in [9.17, 15) is 24.0 Å². The van der Waals surface area contributed by atoms with Crippen molar-refractivity contribution < 1.29 is 28.7 Å². The van der Waals surface area contributed by atoms with Crippen LogP contribution in [0, 0.1) is 6.92 Å². The fourth-order valence-corrected chi connectivity index (χ4v) is 5.58. The predicted molar refractivity (Wildman–Crippen MR) is 124 cm³/mol. The van der Waals surface area contributed by atoms with Gasteiger partial charge < -0.3 is 20.7 Å². The number of rotatable bonds is 6. The molecule has 0 radical (unpaired) electrons. The summed E-state index contributed by atoms with van der Waals surface area (Å²) in [5.74, 6) is -2.26. The fraction of sp³-hybridized carbons (Fsp3) is 0.348. The van der Waals surface area contributed by atoms with Crippen LogP contribution in [0.3, 0.4) is 0 Å². The maximum absolute atomic E-state index is 13.3. The predicted octanol–water partition coefficient (Wildman–Crippen LogP) is 1.92. The second-order valence-electron chi connectivity index (χ2n) is 7.99. The van der Waals surface area contributed by atoms with Crippen molar-refractivity contribution in [2.45, 2.75) is 32.2 Å². The van der Waals surface area contributed by atoms with Crippen molar-refractivity contribution in [3.63, 3.8) is 0 Å². The summed E-state index contributed by atoms with van der Waals surface area (Å²) in [7, 11) is 1.46. The highest BCUT2D eigenvalue weighted by molar-refractivity contribution is 7.18. The molecule has 1 aliphatic heterocycles. The molecule has 34 heavy (non-hydrogen) atoms. The van der Waals surface area contributed by atoms with Crippen LogP contribution in [0.5, 0.6) is 0 Å². The Kier molecular flexibility index (Phi) is 6.13. The lowest BCUT2D eigenvalue weighted by Gasteiger charge is -2.22. The smallest absolute Gasteiger partial charge is 0.341 e. The molecule has 3 N–H and O–H groups in total. The Hall–Kier alpha value is -3.73. The van der Waals surface area contributed by atoms with Gasteiger partial charge >= 0.3 is 12.0 Å². The minimum Gasteiger partial charge on any atom is -0.462 e.